The molecule has 0 aromatic heterocycles. The van der Waals surface area contributed by atoms with E-state index in [0.717, 1.165) is 0 Å². The molecule has 0 radical (unpaired) electrons. The van der Waals surface area contributed by atoms with Crippen LogP contribution in [0.3, 0.4) is 0 Å². The molecule has 0 spiro atoms. The van der Waals surface area contributed by atoms with Crippen LogP contribution in [-0.4, -0.2) is 17.1 Å². The highest BCUT2D eigenvalue weighted by Gasteiger charge is 2.16. The van der Waals surface area contributed by atoms with E-state index in [4.69, 9.17) is 11.2 Å². The molecule has 0 atom stereocenters. The van der Waals surface area contributed by atoms with Crippen LogP contribution in [0.2, 0.25) is 0 Å². The van der Waals surface area contributed by atoms with Crippen molar-refractivity contribution >= 4 is 11.4 Å². The van der Waals surface area contributed by atoms with Crippen molar-refractivity contribution in [1.29, 1.82) is 0 Å². The minimum Gasteiger partial charge on any atom is -0.494 e. The standard InChI is InChI=1S/C13H16N2O3/c1-5-13(3,4)14-10-7-11(15(16)17)9-12(8-10)18-6-2/h1,7-9,14H,6H2,2-4H3. The molecule has 0 bridgehead atoms. The molecule has 0 saturated carbocycles. The van der Waals surface area contributed by atoms with Gasteiger partial charge >= 0.3 is 0 Å². The van der Waals surface area contributed by atoms with Crippen molar-refractivity contribution in [2.45, 2.75) is 26.3 Å². The van der Waals surface area contributed by atoms with Gasteiger partial charge in [0.15, 0.2) is 0 Å². The second kappa shape index (κ2) is 5.41. The van der Waals surface area contributed by atoms with Gasteiger partial charge in [-0.3, -0.25) is 10.1 Å². The van der Waals surface area contributed by atoms with Gasteiger partial charge in [0.05, 0.1) is 23.1 Å². The van der Waals surface area contributed by atoms with Crippen LogP contribution in [0.15, 0.2) is 18.2 Å². The Morgan fingerprint density at radius 3 is 2.67 bits per heavy atom. The third kappa shape index (κ3) is 3.67. The number of benzene rings is 1. The molecule has 5 nitrogen and oxygen atoms in total. The van der Waals surface area contributed by atoms with Gasteiger partial charge in [0.1, 0.15) is 5.75 Å². The van der Waals surface area contributed by atoms with Crippen LogP contribution in [0.4, 0.5) is 11.4 Å². The van der Waals surface area contributed by atoms with Crippen LogP contribution in [0, 0.1) is 22.5 Å². The lowest BCUT2D eigenvalue weighted by molar-refractivity contribution is -0.384. The number of nitro groups is 1. The molecule has 96 valence electrons. The van der Waals surface area contributed by atoms with Gasteiger partial charge in [0, 0.05) is 17.8 Å². The molecule has 0 aliphatic carbocycles. The highest BCUT2D eigenvalue weighted by atomic mass is 16.6. The van der Waals surface area contributed by atoms with Gasteiger partial charge in [-0.2, -0.15) is 0 Å². The number of hydrogen-bond donors (Lipinski definition) is 1. The van der Waals surface area contributed by atoms with Crippen molar-refractivity contribution in [3.05, 3.63) is 28.3 Å². The summed E-state index contributed by atoms with van der Waals surface area (Å²) in [6, 6.07) is 4.51. The third-order valence-electron chi connectivity index (χ3n) is 2.23. The zero-order valence-corrected chi connectivity index (χ0v) is 10.7. The van der Waals surface area contributed by atoms with Gasteiger partial charge < -0.3 is 10.1 Å². The van der Waals surface area contributed by atoms with E-state index in [9.17, 15) is 10.1 Å². The lowest BCUT2D eigenvalue weighted by Gasteiger charge is -2.21. The maximum absolute atomic E-state index is 10.8. The first-order valence-electron chi connectivity index (χ1n) is 5.56. The number of nitrogens with one attached hydrogen (secondary N) is 1. The number of hydrogen-bond acceptors (Lipinski definition) is 4. The summed E-state index contributed by atoms with van der Waals surface area (Å²) < 4.78 is 5.29. The Balaban J connectivity index is 3.11. The molecular formula is C13H16N2O3. The summed E-state index contributed by atoms with van der Waals surface area (Å²) in [7, 11) is 0. The maximum Gasteiger partial charge on any atom is 0.275 e. The topological polar surface area (TPSA) is 64.4 Å². The van der Waals surface area contributed by atoms with Crippen LogP contribution >= 0.6 is 0 Å². The summed E-state index contributed by atoms with van der Waals surface area (Å²) in [5, 5.41) is 13.9. The maximum atomic E-state index is 10.8. The summed E-state index contributed by atoms with van der Waals surface area (Å²) in [5.74, 6) is 3.01. The Morgan fingerprint density at radius 1 is 1.50 bits per heavy atom. The van der Waals surface area contributed by atoms with Gasteiger partial charge in [-0.1, -0.05) is 5.92 Å². The van der Waals surface area contributed by atoms with E-state index in [2.05, 4.69) is 11.2 Å². The normalized spacial score (nSPS) is 10.6. The lowest BCUT2D eigenvalue weighted by atomic mass is 10.1. The molecular weight excluding hydrogens is 232 g/mol. The minimum absolute atomic E-state index is 0.0312. The van der Waals surface area contributed by atoms with Crippen molar-refractivity contribution in [3.63, 3.8) is 0 Å². The Morgan fingerprint density at radius 2 is 2.17 bits per heavy atom. The van der Waals surface area contributed by atoms with Crippen molar-refractivity contribution < 1.29 is 9.66 Å². The van der Waals surface area contributed by atoms with E-state index >= 15 is 0 Å². The summed E-state index contributed by atoms with van der Waals surface area (Å²) in [5.41, 5.74) is -0.0505. The van der Waals surface area contributed by atoms with Crippen molar-refractivity contribution in [1.82, 2.24) is 0 Å². The van der Waals surface area contributed by atoms with Crippen molar-refractivity contribution in [2.75, 3.05) is 11.9 Å². The monoisotopic (exact) mass is 248 g/mol. The van der Waals surface area contributed by atoms with Crippen LogP contribution in [-0.2, 0) is 0 Å². The molecule has 5 heteroatoms. The second-order valence-electron chi connectivity index (χ2n) is 4.30. The van der Waals surface area contributed by atoms with Gasteiger partial charge in [-0.25, -0.2) is 0 Å². The first kappa shape index (κ1) is 13.8. The molecule has 0 heterocycles. The number of nitrogens with zero attached hydrogens (tertiary/aromatic N) is 1. The molecule has 0 unspecified atom stereocenters. The SMILES string of the molecule is C#CC(C)(C)Nc1cc(OCC)cc([N+](=O)[O-])c1. The molecule has 0 saturated heterocycles. The lowest BCUT2D eigenvalue weighted by Crippen LogP contribution is -2.28. The molecule has 1 aromatic rings. The van der Waals surface area contributed by atoms with Crippen LogP contribution < -0.4 is 10.1 Å². The predicted octanol–water partition coefficient (Wildman–Crippen LogP) is 2.82. The fourth-order valence-electron chi connectivity index (χ4n) is 1.41. The quantitative estimate of drug-likeness (QED) is 0.494. The zero-order chi connectivity index (χ0) is 13.8. The number of non-ortho nitro benzene ring substituents is 1. The van der Waals surface area contributed by atoms with Crippen LogP contribution in [0.5, 0.6) is 5.75 Å². The van der Waals surface area contributed by atoms with Gasteiger partial charge in [-0.15, -0.1) is 6.42 Å². The molecule has 1 N–H and O–H groups in total. The fraction of sp³-hybridized carbons (Fsp3) is 0.385. The fourth-order valence-corrected chi connectivity index (χ4v) is 1.41. The molecule has 1 rings (SSSR count). The van der Waals surface area contributed by atoms with E-state index in [1.807, 2.05) is 20.8 Å². The minimum atomic E-state index is -0.585. The van der Waals surface area contributed by atoms with E-state index in [1.165, 1.54) is 12.1 Å². The molecule has 0 aliphatic heterocycles. The summed E-state index contributed by atoms with van der Waals surface area (Å²) in [6.07, 6.45) is 5.37. The van der Waals surface area contributed by atoms with Crippen LogP contribution in [0.25, 0.3) is 0 Å². The van der Waals surface area contributed by atoms with Gasteiger partial charge in [0.25, 0.3) is 5.69 Å². The summed E-state index contributed by atoms with van der Waals surface area (Å²) >= 11 is 0. The number of rotatable bonds is 5. The summed E-state index contributed by atoms with van der Waals surface area (Å²) in [4.78, 5) is 10.4. The number of anilines is 1. The largest absolute Gasteiger partial charge is 0.494 e. The number of nitro benzene ring substituents is 1. The number of ether oxygens (including phenoxy) is 1. The van der Waals surface area contributed by atoms with Crippen molar-refractivity contribution in [3.8, 4) is 18.1 Å². The van der Waals surface area contributed by atoms with Gasteiger partial charge in [0.2, 0.25) is 0 Å². The van der Waals surface area contributed by atoms with E-state index < -0.39 is 10.5 Å². The second-order valence-corrected chi connectivity index (χ2v) is 4.30. The van der Waals surface area contributed by atoms with E-state index in [-0.39, 0.29) is 5.69 Å². The highest BCUT2D eigenvalue weighted by molar-refractivity contribution is 5.58. The molecule has 0 aliphatic rings. The highest BCUT2D eigenvalue weighted by Crippen LogP contribution is 2.27. The summed E-state index contributed by atoms with van der Waals surface area (Å²) in [6.45, 7) is 5.88. The smallest absolute Gasteiger partial charge is 0.275 e. The average Bonchev–Trinajstić information content (AvgIpc) is 2.28. The first-order valence-corrected chi connectivity index (χ1v) is 5.56. The third-order valence-corrected chi connectivity index (χ3v) is 2.23. The van der Waals surface area contributed by atoms with E-state index in [0.29, 0.717) is 18.0 Å². The molecule has 0 fully saturated rings. The average molecular weight is 248 g/mol. The molecule has 1 aromatic carbocycles. The Kier molecular flexibility index (Phi) is 4.16. The van der Waals surface area contributed by atoms with E-state index in [1.54, 1.807) is 6.07 Å². The Hall–Kier alpha value is -2.22. The molecule has 0 amide bonds. The number of terminal acetylenes is 1. The first-order chi connectivity index (χ1) is 8.38. The predicted molar refractivity (Wildman–Crippen MR) is 70.8 cm³/mol. The molecule has 18 heavy (non-hydrogen) atoms. The Labute approximate surface area is 106 Å². The Bertz CT molecular complexity index is 489. The zero-order valence-electron chi connectivity index (χ0n) is 10.7. The van der Waals surface area contributed by atoms with Crippen molar-refractivity contribution in [2.24, 2.45) is 0 Å². The van der Waals surface area contributed by atoms with Crippen LogP contribution in [0.1, 0.15) is 20.8 Å². The van der Waals surface area contributed by atoms with Gasteiger partial charge in [-0.05, 0) is 20.8 Å².